The van der Waals surface area contributed by atoms with Crippen LogP contribution in [-0.4, -0.2) is 19.5 Å². The van der Waals surface area contributed by atoms with Crippen molar-refractivity contribution in [3.8, 4) is 0 Å². The van der Waals surface area contributed by atoms with Crippen LogP contribution in [0.2, 0.25) is 0 Å². The number of hydrogen-bond donors (Lipinski definition) is 1. The Morgan fingerprint density at radius 1 is 1.42 bits per heavy atom. The van der Waals surface area contributed by atoms with Gasteiger partial charge in [0.15, 0.2) is 10.8 Å². The largest absolute Gasteiger partial charge is 0.339 e. The molecule has 7 heteroatoms. The van der Waals surface area contributed by atoms with E-state index in [9.17, 15) is 0 Å². The predicted molar refractivity (Wildman–Crippen MR) is 69.9 cm³/mol. The van der Waals surface area contributed by atoms with Crippen molar-refractivity contribution in [1.82, 2.24) is 19.5 Å². The highest BCUT2D eigenvalue weighted by Gasteiger charge is 2.38. The number of nitrogens with zero attached hydrogens (tertiary/aromatic N) is 4. The monoisotopic (exact) mass is 275 g/mol. The standard InChI is InChI=1S/C12H13N5OS/c13-12(2-1-3-12)10-15-9(18-16-10)6-8-7-17-4-5-19-11(17)14-8/h4-5,7H,1-3,6,13H2. The fourth-order valence-electron chi connectivity index (χ4n) is 2.33. The summed E-state index contributed by atoms with van der Waals surface area (Å²) in [6.07, 6.45) is 7.53. The SMILES string of the molecule is NC1(c2noc(Cc3cn4ccsc4n3)n2)CCC1. The minimum absolute atomic E-state index is 0.365. The molecule has 0 saturated heterocycles. The molecule has 0 aromatic carbocycles. The van der Waals surface area contributed by atoms with Gasteiger partial charge in [0.05, 0.1) is 17.7 Å². The second-order valence-corrected chi connectivity index (χ2v) is 5.90. The maximum absolute atomic E-state index is 6.17. The van der Waals surface area contributed by atoms with Gasteiger partial charge in [-0.25, -0.2) is 4.98 Å². The van der Waals surface area contributed by atoms with Gasteiger partial charge in [-0.2, -0.15) is 4.98 Å². The first kappa shape index (κ1) is 11.1. The summed E-state index contributed by atoms with van der Waals surface area (Å²) < 4.78 is 7.27. The Morgan fingerprint density at radius 2 is 2.32 bits per heavy atom. The van der Waals surface area contributed by atoms with Crippen molar-refractivity contribution in [2.75, 3.05) is 0 Å². The third-order valence-corrected chi connectivity index (χ3v) is 4.41. The Morgan fingerprint density at radius 3 is 3.05 bits per heavy atom. The van der Waals surface area contributed by atoms with E-state index in [1.165, 1.54) is 0 Å². The van der Waals surface area contributed by atoms with E-state index in [-0.39, 0.29) is 5.54 Å². The first-order valence-corrected chi connectivity index (χ1v) is 7.14. The average molecular weight is 275 g/mol. The molecule has 0 amide bonds. The highest BCUT2D eigenvalue weighted by molar-refractivity contribution is 7.15. The van der Waals surface area contributed by atoms with E-state index in [0.717, 1.165) is 29.9 Å². The molecule has 4 rings (SSSR count). The molecule has 3 aromatic heterocycles. The molecular formula is C12H13N5OS. The first-order chi connectivity index (χ1) is 9.23. The van der Waals surface area contributed by atoms with Crippen LogP contribution in [-0.2, 0) is 12.0 Å². The molecule has 19 heavy (non-hydrogen) atoms. The Labute approximate surface area is 113 Å². The maximum atomic E-state index is 6.17. The Hall–Kier alpha value is -1.73. The molecule has 2 N–H and O–H groups in total. The molecule has 1 fully saturated rings. The van der Waals surface area contributed by atoms with Crippen molar-refractivity contribution in [3.63, 3.8) is 0 Å². The Balaban J connectivity index is 1.58. The lowest BCUT2D eigenvalue weighted by Crippen LogP contribution is -2.44. The molecule has 0 spiro atoms. The molecule has 3 heterocycles. The summed E-state index contributed by atoms with van der Waals surface area (Å²) in [7, 11) is 0. The highest BCUT2D eigenvalue weighted by atomic mass is 32.1. The molecule has 0 bridgehead atoms. The molecule has 1 aliphatic rings. The third kappa shape index (κ3) is 1.77. The van der Waals surface area contributed by atoms with Crippen LogP contribution in [0.15, 0.2) is 22.3 Å². The van der Waals surface area contributed by atoms with Crippen LogP contribution in [0.1, 0.15) is 36.7 Å². The van der Waals surface area contributed by atoms with E-state index < -0.39 is 0 Å². The number of hydrogen-bond acceptors (Lipinski definition) is 6. The van der Waals surface area contributed by atoms with Crippen LogP contribution in [0.3, 0.4) is 0 Å². The molecule has 3 aromatic rings. The molecule has 1 saturated carbocycles. The molecular weight excluding hydrogens is 262 g/mol. The number of imidazole rings is 1. The lowest BCUT2D eigenvalue weighted by molar-refractivity contribution is 0.229. The van der Waals surface area contributed by atoms with Gasteiger partial charge in [0, 0.05) is 17.8 Å². The van der Waals surface area contributed by atoms with E-state index >= 15 is 0 Å². The van der Waals surface area contributed by atoms with Gasteiger partial charge in [-0.05, 0) is 19.3 Å². The lowest BCUT2D eigenvalue weighted by Gasteiger charge is -2.34. The van der Waals surface area contributed by atoms with Crippen molar-refractivity contribution in [3.05, 3.63) is 35.2 Å². The number of fused-ring (bicyclic) bond motifs is 1. The summed E-state index contributed by atoms with van der Waals surface area (Å²) in [5, 5.41) is 6.01. The first-order valence-electron chi connectivity index (χ1n) is 6.26. The van der Waals surface area contributed by atoms with Crippen LogP contribution in [0, 0.1) is 0 Å². The van der Waals surface area contributed by atoms with Crippen LogP contribution in [0.4, 0.5) is 0 Å². The smallest absolute Gasteiger partial charge is 0.232 e. The number of thiazole rings is 1. The van der Waals surface area contributed by atoms with E-state index in [2.05, 4.69) is 15.1 Å². The minimum atomic E-state index is -0.365. The summed E-state index contributed by atoms with van der Waals surface area (Å²) >= 11 is 1.61. The Kier molecular flexibility index (Phi) is 2.27. The van der Waals surface area contributed by atoms with Crippen LogP contribution >= 0.6 is 11.3 Å². The van der Waals surface area contributed by atoms with Gasteiger partial charge in [-0.1, -0.05) is 5.16 Å². The zero-order chi connectivity index (χ0) is 12.9. The molecule has 6 nitrogen and oxygen atoms in total. The minimum Gasteiger partial charge on any atom is -0.339 e. The molecule has 0 atom stereocenters. The lowest BCUT2D eigenvalue weighted by atomic mass is 9.77. The van der Waals surface area contributed by atoms with Gasteiger partial charge < -0.3 is 10.3 Å². The average Bonchev–Trinajstić information content (AvgIpc) is 3.01. The van der Waals surface area contributed by atoms with E-state index in [0.29, 0.717) is 18.1 Å². The summed E-state index contributed by atoms with van der Waals surface area (Å²) in [6.45, 7) is 0. The number of aromatic nitrogens is 4. The predicted octanol–water partition coefficient (Wildman–Crippen LogP) is 1.71. The second-order valence-electron chi connectivity index (χ2n) is 5.02. The fourth-order valence-corrected chi connectivity index (χ4v) is 3.05. The normalized spacial score (nSPS) is 17.7. The number of rotatable bonds is 3. The molecule has 98 valence electrons. The summed E-state index contributed by atoms with van der Waals surface area (Å²) in [4.78, 5) is 9.88. The van der Waals surface area contributed by atoms with Gasteiger partial charge >= 0.3 is 0 Å². The van der Waals surface area contributed by atoms with Gasteiger partial charge in [0.1, 0.15) is 0 Å². The second kappa shape index (κ2) is 3.88. The van der Waals surface area contributed by atoms with Gasteiger partial charge in [-0.15, -0.1) is 11.3 Å². The van der Waals surface area contributed by atoms with Crippen LogP contribution in [0.25, 0.3) is 4.96 Å². The quantitative estimate of drug-likeness (QED) is 0.786. The van der Waals surface area contributed by atoms with Crippen molar-refractivity contribution in [2.45, 2.75) is 31.2 Å². The topological polar surface area (TPSA) is 82.2 Å². The van der Waals surface area contributed by atoms with Gasteiger partial charge in [0.2, 0.25) is 5.89 Å². The fraction of sp³-hybridized carbons (Fsp3) is 0.417. The third-order valence-electron chi connectivity index (χ3n) is 3.63. The van der Waals surface area contributed by atoms with Crippen molar-refractivity contribution >= 4 is 16.3 Å². The Bertz CT molecular complexity index is 695. The maximum Gasteiger partial charge on any atom is 0.232 e. The molecule has 0 unspecified atom stereocenters. The van der Waals surface area contributed by atoms with Gasteiger partial charge in [0.25, 0.3) is 0 Å². The van der Waals surface area contributed by atoms with Gasteiger partial charge in [-0.3, -0.25) is 4.40 Å². The van der Waals surface area contributed by atoms with E-state index in [1.54, 1.807) is 11.3 Å². The molecule has 0 radical (unpaired) electrons. The van der Waals surface area contributed by atoms with Crippen LogP contribution in [0.5, 0.6) is 0 Å². The summed E-state index contributed by atoms with van der Waals surface area (Å²) in [5.74, 6) is 1.22. The summed E-state index contributed by atoms with van der Waals surface area (Å²) in [5.41, 5.74) is 6.74. The zero-order valence-electron chi connectivity index (χ0n) is 10.2. The summed E-state index contributed by atoms with van der Waals surface area (Å²) in [6, 6.07) is 0. The van der Waals surface area contributed by atoms with Crippen molar-refractivity contribution < 1.29 is 4.52 Å². The highest BCUT2D eigenvalue weighted by Crippen LogP contribution is 2.36. The van der Waals surface area contributed by atoms with E-state index in [4.69, 9.17) is 10.3 Å². The van der Waals surface area contributed by atoms with Crippen molar-refractivity contribution in [2.24, 2.45) is 5.73 Å². The zero-order valence-corrected chi connectivity index (χ0v) is 11.1. The van der Waals surface area contributed by atoms with E-state index in [1.807, 2.05) is 22.2 Å². The van der Waals surface area contributed by atoms with Crippen molar-refractivity contribution in [1.29, 1.82) is 0 Å². The molecule has 1 aliphatic carbocycles. The van der Waals surface area contributed by atoms with Crippen LogP contribution < -0.4 is 5.73 Å². The number of nitrogens with two attached hydrogens (primary N) is 1. The molecule has 0 aliphatic heterocycles.